The summed E-state index contributed by atoms with van der Waals surface area (Å²) in [6, 6.07) is 0. The molecule has 0 aliphatic carbocycles. The van der Waals surface area contributed by atoms with Gasteiger partial charge in [0.1, 0.15) is 6.10 Å². The molecule has 9 unspecified atom stereocenters. The minimum absolute atomic E-state index is 0.0449. The summed E-state index contributed by atoms with van der Waals surface area (Å²) in [5.41, 5.74) is 0.289. The Labute approximate surface area is 286 Å². The first-order valence-electron chi connectivity index (χ1n) is 17.3. The van der Waals surface area contributed by atoms with Crippen molar-refractivity contribution < 1.29 is 51.7 Å². The molecule has 47 heavy (non-hydrogen) atoms. The Morgan fingerprint density at radius 3 is 1.38 bits per heavy atom. The fourth-order valence-corrected chi connectivity index (χ4v) is 8.22. The fraction of sp³-hybridized carbons (Fsp3) is 0.943. The Morgan fingerprint density at radius 2 is 1.02 bits per heavy atom. The average Bonchev–Trinajstić information content (AvgIpc) is 2.83. The van der Waals surface area contributed by atoms with Crippen LogP contribution in [-0.4, -0.2) is 42.7 Å². The van der Waals surface area contributed by atoms with Crippen LogP contribution in [0.2, 0.25) is 0 Å². The van der Waals surface area contributed by atoms with Gasteiger partial charge in [0.05, 0.1) is 6.10 Å². The summed E-state index contributed by atoms with van der Waals surface area (Å²) in [4.78, 5) is 19.3. The lowest BCUT2D eigenvalue weighted by atomic mass is 9.81. The summed E-state index contributed by atoms with van der Waals surface area (Å²) >= 11 is 0. The summed E-state index contributed by atoms with van der Waals surface area (Å²) < 4.78 is 49.2. The quantitative estimate of drug-likeness (QED) is 0.0326. The molecule has 0 spiro atoms. The van der Waals surface area contributed by atoms with Gasteiger partial charge >= 0.3 is 16.6 Å². The molecule has 0 bridgehead atoms. The molecule has 0 amide bonds. The Bertz CT molecular complexity index is 944. The molecule has 0 heterocycles. The monoisotopic (exact) mass is 696 g/mol. The second-order valence-corrected chi connectivity index (χ2v) is 18.3. The van der Waals surface area contributed by atoms with Crippen molar-refractivity contribution in [1.29, 1.82) is 0 Å². The molecule has 0 fully saturated rings. The van der Waals surface area contributed by atoms with Gasteiger partial charge in [-0.25, -0.2) is 8.98 Å². The average molecular weight is 697 g/mol. The molecule has 0 aliphatic rings. The maximum absolute atomic E-state index is 11.8. The van der Waals surface area contributed by atoms with Crippen molar-refractivity contribution in [3.8, 4) is 0 Å². The van der Waals surface area contributed by atoms with Gasteiger partial charge in [-0.15, -0.1) is 6.79 Å². The number of ether oxygens (including phenoxy) is 2. The van der Waals surface area contributed by atoms with E-state index in [1.807, 2.05) is 20.8 Å². The van der Waals surface area contributed by atoms with E-state index in [0.717, 1.165) is 32.5 Å². The molecule has 0 saturated carbocycles. The van der Waals surface area contributed by atoms with Crippen molar-refractivity contribution in [2.45, 2.75) is 166 Å². The first-order valence-corrected chi connectivity index (χ1v) is 18.7. The lowest BCUT2D eigenvalue weighted by Gasteiger charge is -2.34. The zero-order valence-electron chi connectivity index (χ0n) is 31.3. The molecule has 0 radical (unpaired) electrons. The standard InChI is InChI=1S/C35H69O11S/c1-24(15-30(42-23-43-37)19-28(5)21-34(7,8)9)13-26(3)17-32(46-47(39,40)41)18-27(4)14-25(2)16-31(44-33(36)45-38)20-29(6)22-35(10,11)12/h23-32,37-38H,13-22H2,1-12H3,(H,39,40,41)/q-1/p-1. The van der Waals surface area contributed by atoms with Crippen molar-refractivity contribution in [2.75, 3.05) is 0 Å². The van der Waals surface area contributed by atoms with Gasteiger partial charge < -0.3 is 19.6 Å². The van der Waals surface area contributed by atoms with Crippen molar-refractivity contribution in [1.82, 2.24) is 0 Å². The molecule has 282 valence electrons. The summed E-state index contributed by atoms with van der Waals surface area (Å²) in [5, 5.41) is 19.4. The number of rotatable bonds is 24. The van der Waals surface area contributed by atoms with Gasteiger partial charge in [-0.1, -0.05) is 83.1 Å². The zero-order chi connectivity index (χ0) is 36.6. The Morgan fingerprint density at radius 1 is 0.660 bits per heavy atom. The van der Waals surface area contributed by atoms with Crippen LogP contribution in [0.1, 0.15) is 147 Å². The van der Waals surface area contributed by atoms with E-state index in [4.69, 9.17) is 18.9 Å². The minimum atomic E-state index is -4.66. The van der Waals surface area contributed by atoms with Crippen molar-refractivity contribution >= 4 is 16.6 Å². The first kappa shape index (κ1) is 46.0. The lowest BCUT2D eigenvalue weighted by Crippen LogP contribution is -2.27. The van der Waals surface area contributed by atoms with E-state index in [-0.39, 0.29) is 46.5 Å². The summed E-state index contributed by atoms with van der Waals surface area (Å²) in [6.07, 6.45) is 4.49. The van der Waals surface area contributed by atoms with E-state index >= 15 is 0 Å². The van der Waals surface area contributed by atoms with Crippen LogP contribution in [0.25, 0.3) is 0 Å². The molecular weight excluding hydrogens is 628 g/mol. The van der Waals surface area contributed by atoms with Gasteiger partial charge in [0.25, 0.3) is 0 Å². The predicted molar refractivity (Wildman–Crippen MR) is 181 cm³/mol. The van der Waals surface area contributed by atoms with E-state index in [1.165, 1.54) is 0 Å². The Balaban J connectivity index is 5.33. The van der Waals surface area contributed by atoms with E-state index in [9.17, 15) is 23.0 Å². The van der Waals surface area contributed by atoms with Gasteiger partial charge in [-0.2, -0.15) is 13.7 Å². The van der Waals surface area contributed by atoms with Gasteiger partial charge in [-0.05, 0) is 111 Å². The second kappa shape index (κ2) is 21.9. The largest absolute Gasteiger partial charge is 0.757 e. The van der Waals surface area contributed by atoms with Gasteiger partial charge in [0.15, 0.2) is 0 Å². The summed E-state index contributed by atoms with van der Waals surface area (Å²) in [5.74, 6) is 1.12. The van der Waals surface area contributed by atoms with E-state index in [2.05, 4.69) is 72.1 Å². The van der Waals surface area contributed by atoms with Crippen molar-refractivity contribution in [3.05, 3.63) is 6.79 Å². The van der Waals surface area contributed by atoms with Crippen molar-refractivity contribution in [2.24, 2.45) is 46.3 Å². The molecule has 0 saturated heterocycles. The third-order valence-electron chi connectivity index (χ3n) is 8.41. The molecule has 0 aliphatic heterocycles. The topological polar surface area (TPSA) is 161 Å². The highest BCUT2D eigenvalue weighted by Crippen LogP contribution is 2.33. The molecule has 9 atom stereocenters. The molecule has 11 nitrogen and oxygen atoms in total. The third-order valence-corrected chi connectivity index (χ3v) is 8.92. The number of hydrogen-bond acceptors (Lipinski definition) is 10. The Hall–Kier alpha value is -1.02. The molecule has 0 aromatic heterocycles. The van der Waals surface area contributed by atoms with Crippen LogP contribution in [0, 0.1) is 53.1 Å². The molecule has 2 N–H and O–H groups in total. The summed E-state index contributed by atoms with van der Waals surface area (Å²) in [6.45, 7) is 26.4. The number of hydrogen-bond donors (Lipinski definition) is 2. The minimum Gasteiger partial charge on any atom is -0.757 e. The molecule has 0 rings (SSSR count). The van der Waals surface area contributed by atoms with Crippen molar-refractivity contribution in [3.63, 3.8) is 0 Å². The third kappa shape index (κ3) is 26.5. The van der Waals surface area contributed by atoms with Crippen LogP contribution in [0.4, 0.5) is 4.79 Å². The van der Waals surface area contributed by atoms with Crippen LogP contribution in [0.5, 0.6) is 0 Å². The SMILES string of the molecule is CC(CC(C)CC(CC(C)CC(C)CC(CC(C)CC(C)(C)C)OC(=O)OO)OS(=O)(=O)O)CC(CC(C)CC(C)(C)C)O[CH-]O[O-]. The van der Waals surface area contributed by atoms with Gasteiger partial charge in [0.2, 0.25) is 0 Å². The highest BCUT2D eigenvalue weighted by Gasteiger charge is 2.28. The second-order valence-electron chi connectivity index (χ2n) is 17.2. The highest BCUT2D eigenvalue weighted by atomic mass is 32.3. The molecule has 0 aromatic carbocycles. The van der Waals surface area contributed by atoms with E-state index < -0.39 is 28.8 Å². The first-order chi connectivity index (χ1) is 21.4. The highest BCUT2D eigenvalue weighted by molar-refractivity contribution is 7.80. The van der Waals surface area contributed by atoms with Crippen LogP contribution in [0.3, 0.4) is 0 Å². The van der Waals surface area contributed by atoms with Gasteiger partial charge in [0, 0.05) is 6.10 Å². The normalized spacial score (nSPS) is 18.8. The maximum atomic E-state index is 11.8. The van der Waals surface area contributed by atoms with Crippen LogP contribution in [-0.2, 0) is 33.8 Å². The number of carbonyl (C=O) groups excluding carboxylic acids is 1. The predicted octanol–water partition coefficient (Wildman–Crippen LogP) is 8.78. The molecular formula is C35H68O11S-2. The van der Waals surface area contributed by atoms with Crippen LogP contribution < -0.4 is 5.26 Å². The van der Waals surface area contributed by atoms with E-state index in [1.54, 1.807) is 0 Å². The lowest BCUT2D eigenvalue weighted by molar-refractivity contribution is -0.685. The smallest absolute Gasteiger partial charge is 0.540 e. The number of carbonyl (C=O) groups is 1. The van der Waals surface area contributed by atoms with Gasteiger partial charge in [-0.3, -0.25) is 9.44 Å². The molecule has 0 aromatic rings. The maximum Gasteiger partial charge on any atom is 0.540 e. The Kier molecular flexibility index (Phi) is 21.5. The zero-order valence-corrected chi connectivity index (χ0v) is 32.1. The molecule has 12 heteroatoms. The van der Waals surface area contributed by atoms with E-state index in [0.29, 0.717) is 44.4 Å². The van der Waals surface area contributed by atoms with Crippen LogP contribution in [0.15, 0.2) is 0 Å². The fourth-order valence-electron chi connectivity index (χ4n) is 7.71. The summed E-state index contributed by atoms with van der Waals surface area (Å²) in [7, 11) is -4.66. The van der Waals surface area contributed by atoms with Crippen LogP contribution >= 0.6 is 0 Å².